The highest BCUT2D eigenvalue weighted by atomic mass is 14.8. The van der Waals surface area contributed by atoms with Gasteiger partial charge in [0.2, 0.25) is 0 Å². The average molecular weight is 348 g/mol. The SMILES string of the molecule is CCCCCCNCc1ccc(C#Cc2ccc(CCCC)cc2)cc1. The van der Waals surface area contributed by atoms with E-state index in [1.54, 1.807) is 0 Å². The fraction of sp³-hybridized carbons (Fsp3) is 0.440. The van der Waals surface area contributed by atoms with Crippen LogP contribution >= 0.6 is 0 Å². The van der Waals surface area contributed by atoms with E-state index in [4.69, 9.17) is 0 Å². The molecule has 2 aromatic carbocycles. The van der Waals surface area contributed by atoms with Gasteiger partial charge in [0.15, 0.2) is 0 Å². The second-order valence-corrected chi connectivity index (χ2v) is 6.98. The first-order valence-electron chi connectivity index (χ1n) is 10.2. The van der Waals surface area contributed by atoms with E-state index >= 15 is 0 Å². The molecule has 26 heavy (non-hydrogen) atoms. The quantitative estimate of drug-likeness (QED) is 0.404. The van der Waals surface area contributed by atoms with E-state index in [9.17, 15) is 0 Å². The predicted octanol–water partition coefficient (Wildman–Crippen LogP) is 6.10. The van der Waals surface area contributed by atoms with Crippen LogP contribution in [0.15, 0.2) is 48.5 Å². The molecule has 0 heterocycles. The number of hydrogen-bond acceptors (Lipinski definition) is 1. The lowest BCUT2D eigenvalue weighted by Crippen LogP contribution is -2.14. The molecule has 0 aromatic heterocycles. The minimum atomic E-state index is 0.944. The highest BCUT2D eigenvalue weighted by Crippen LogP contribution is 2.08. The molecule has 0 fully saturated rings. The minimum absolute atomic E-state index is 0.944. The van der Waals surface area contributed by atoms with E-state index in [-0.39, 0.29) is 0 Å². The number of rotatable bonds is 10. The summed E-state index contributed by atoms with van der Waals surface area (Å²) in [6.45, 7) is 6.53. The van der Waals surface area contributed by atoms with Gasteiger partial charge in [0.1, 0.15) is 0 Å². The first kappa shape index (κ1) is 20.3. The fourth-order valence-electron chi connectivity index (χ4n) is 2.90. The fourth-order valence-corrected chi connectivity index (χ4v) is 2.90. The molecule has 0 amide bonds. The second kappa shape index (κ2) is 12.3. The highest BCUT2D eigenvalue weighted by molar-refractivity contribution is 5.44. The summed E-state index contributed by atoms with van der Waals surface area (Å²) in [6, 6.07) is 17.3. The monoisotopic (exact) mass is 347 g/mol. The third kappa shape index (κ3) is 7.89. The van der Waals surface area contributed by atoms with Gasteiger partial charge >= 0.3 is 0 Å². The van der Waals surface area contributed by atoms with Crippen molar-refractivity contribution in [2.24, 2.45) is 0 Å². The Kier molecular flexibility index (Phi) is 9.62. The third-order valence-corrected chi connectivity index (χ3v) is 4.61. The topological polar surface area (TPSA) is 12.0 Å². The molecule has 2 rings (SSSR count). The first-order valence-corrected chi connectivity index (χ1v) is 10.2. The zero-order valence-corrected chi connectivity index (χ0v) is 16.5. The summed E-state index contributed by atoms with van der Waals surface area (Å²) >= 11 is 0. The van der Waals surface area contributed by atoms with E-state index in [1.165, 1.54) is 49.7 Å². The Balaban J connectivity index is 1.79. The Morgan fingerprint density at radius 1 is 0.654 bits per heavy atom. The lowest BCUT2D eigenvalue weighted by molar-refractivity contribution is 0.598. The van der Waals surface area contributed by atoms with E-state index in [0.717, 1.165) is 30.6 Å². The molecule has 2 aromatic rings. The molecule has 0 atom stereocenters. The molecule has 1 nitrogen and oxygen atoms in total. The normalized spacial score (nSPS) is 10.4. The van der Waals surface area contributed by atoms with Crippen molar-refractivity contribution in [2.75, 3.05) is 6.54 Å². The standard InChI is InChI=1S/C25H33N/c1-3-5-7-8-20-26-21-25-18-16-24(17-19-25)15-14-23-12-10-22(11-13-23)9-6-4-2/h10-13,16-19,26H,3-9,20-21H2,1-2H3. The lowest BCUT2D eigenvalue weighted by atomic mass is 10.1. The molecular weight excluding hydrogens is 314 g/mol. The Labute approximate surface area is 160 Å². The molecule has 0 radical (unpaired) electrons. The van der Waals surface area contributed by atoms with Crippen LogP contribution in [0.5, 0.6) is 0 Å². The van der Waals surface area contributed by atoms with Gasteiger partial charge in [0, 0.05) is 17.7 Å². The molecule has 0 spiro atoms. The zero-order chi connectivity index (χ0) is 18.5. The van der Waals surface area contributed by atoms with Crippen molar-refractivity contribution < 1.29 is 0 Å². The molecule has 0 saturated carbocycles. The van der Waals surface area contributed by atoms with Crippen molar-refractivity contribution in [2.45, 2.75) is 65.3 Å². The number of nitrogens with one attached hydrogen (secondary N) is 1. The van der Waals surface area contributed by atoms with Gasteiger partial charge in [0.05, 0.1) is 0 Å². The second-order valence-electron chi connectivity index (χ2n) is 6.98. The van der Waals surface area contributed by atoms with Crippen LogP contribution < -0.4 is 5.32 Å². The van der Waals surface area contributed by atoms with Gasteiger partial charge < -0.3 is 5.32 Å². The summed E-state index contributed by atoms with van der Waals surface area (Å²) in [5, 5.41) is 3.52. The Morgan fingerprint density at radius 3 is 1.81 bits per heavy atom. The van der Waals surface area contributed by atoms with Gasteiger partial charge in [-0.05, 0) is 61.2 Å². The van der Waals surface area contributed by atoms with Crippen LogP contribution in [0, 0.1) is 11.8 Å². The Morgan fingerprint density at radius 2 is 1.23 bits per heavy atom. The van der Waals surface area contributed by atoms with E-state index in [0.29, 0.717) is 0 Å². The molecule has 1 heteroatoms. The van der Waals surface area contributed by atoms with Crippen LogP contribution in [0.1, 0.15) is 74.6 Å². The van der Waals surface area contributed by atoms with Gasteiger partial charge in [-0.3, -0.25) is 0 Å². The smallest absolute Gasteiger partial charge is 0.0249 e. The molecular formula is C25H33N. The van der Waals surface area contributed by atoms with E-state index < -0.39 is 0 Å². The van der Waals surface area contributed by atoms with Gasteiger partial charge in [-0.25, -0.2) is 0 Å². The number of benzene rings is 2. The summed E-state index contributed by atoms with van der Waals surface area (Å²) in [5.41, 5.74) is 4.89. The summed E-state index contributed by atoms with van der Waals surface area (Å²) in [5.74, 6) is 6.54. The molecule has 0 unspecified atom stereocenters. The molecule has 0 bridgehead atoms. The molecule has 1 N–H and O–H groups in total. The molecule has 0 aliphatic rings. The van der Waals surface area contributed by atoms with Crippen molar-refractivity contribution in [3.8, 4) is 11.8 Å². The molecule has 0 aliphatic heterocycles. The summed E-state index contributed by atoms with van der Waals surface area (Å²) in [4.78, 5) is 0. The first-order chi connectivity index (χ1) is 12.8. The van der Waals surface area contributed by atoms with Gasteiger partial charge in [0.25, 0.3) is 0 Å². The van der Waals surface area contributed by atoms with E-state index in [2.05, 4.69) is 79.5 Å². The molecule has 0 saturated heterocycles. The van der Waals surface area contributed by atoms with Crippen molar-refractivity contribution in [3.05, 3.63) is 70.8 Å². The van der Waals surface area contributed by atoms with Gasteiger partial charge in [-0.15, -0.1) is 0 Å². The maximum absolute atomic E-state index is 3.52. The van der Waals surface area contributed by atoms with Crippen molar-refractivity contribution >= 4 is 0 Å². The summed E-state index contributed by atoms with van der Waals surface area (Å²) in [7, 11) is 0. The molecule has 0 aliphatic carbocycles. The summed E-state index contributed by atoms with van der Waals surface area (Å²) < 4.78 is 0. The largest absolute Gasteiger partial charge is 0.313 e. The Bertz CT molecular complexity index is 671. The average Bonchev–Trinajstić information content (AvgIpc) is 2.69. The van der Waals surface area contributed by atoms with Crippen LogP contribution in [0.25, 0.3) is 0 Å². The minimum Gasteiger partial charge on any atom is -0.313 e. The lowest BCUT2D eigenvalue weighted by Gasteiger charge is -2.04. The zero-order valence-electron chi connectivity index (χ0n) is 16.5. The van der Waals surface area contributed by atoms with Crippen LogP contribution in [0.4, 0.5) is 0 Å². The maximum atomic E-state index is 3.52. The van der Waals surface area contributed by atoms with Crippen molar-refractivity contribution in [1.29, 1.82) is 0 Å². The summed E-state index contributed by atoms with van der Waals surface area (Å²) in [6.07, 6.45) is 8.91. The van der Waals surface area contributed by atoms with Crippen LogP contribution in [-0.2, 0) is 13.0 Å². The number of hydrogen-bond donors (Lipinski definition) is 1. The van der Waals surface area contributed by atoms with Gasteiger partial charge in [-0.2, -0.15) is 0 Å². The van der Waals surface area contributed by atoms with Gasteiger partial charge in [-0.1, -0.05) is 75.6 Å². The van der Waals surface area contributed by atoms with E-state index in [1.807, 2.05) is 0 Å². The van der Waals surface area contributed by atoms with Crippen LogP contribution in [-0.4, -0.2) is 6.54 Å². The maximum Gasteiger partial charge on any atom is 0.0249 e. The third-order valence-electron chi connectivity index (χ3n) is 4.61. The Hall–Kier alpha value is -2.04. The highest BCUT2D eigenvalue weighted by Gasteiger charge is 1.95. The molecule has 138 valence electrons. The van der Waals surface area contributed by atoms with Crippen molar-refractivity contribution in [1.82, 2.24) is 5.32 Å². The number of aryl methyl sites for hydroxylation is 1. The van der Waals surface area contributed by atoms with Crippen molar-refractivity contribution in [3.63, 3.8) is 0 Å². The van der Waals surface area contributed by atoms with Crippen LogP contribution in [0.3, 0.4) is 0 Å². The predicted molar refractivity (Wildman–Crippen MR) is 113 cm³/mol. The van der Waals surface area contributed by atoms with Crippen LogP contribution in [0.2, 0.25) is 0 Å². The number of unbranched alkanes of at least 4 members (excludes halogenated alkanes) is 4.